The number of hydrogen-bond donors (Lipinski definition) is 0. The lowest BCUT2D eigenvalue weighted by atomic mass is 9.69. The Labute approximate surface area is 173 Å². The Morgan fingerprint density at radius 1 is 1.34 bits per heavy atom. The van der Waals surface area contributed by atoms with E-state index < -0.39 is 5.41 Å². The molecule has 1 aliphatic heterocycles. The van der Waals surface area contributed by atoms with Crippen LogP contribution in [0.25, 0.3) is 0 Å². The Balaban J connectivity index is 1.79. The second-order valence-electron chi connectivity index (χ2n) is 8.35. The van der Waals surface area contributed by atoms with Crippen molar-refractivity contribution in [1.29, 1.82) is 0 Å². The lowest BCUT2D eigenvalue weighted by Gasteiger charge is -2.47. The number of fused-ring (bicyclic) bond motifs is 1. The van der Waals surface area contributed by atoms with Gasteiger partial charge in [0, 0.05) is 52.1 Å². The van der Waals surface area contributed by atoms with Gasteiger partial charge < -0.3 is 14.5 Å². The van der Waals surface area contributed by atoms with E-state index in [-0.39, 0.29) is 11.8 Å². The number of carbonyl (C=O) groups excluding carboxylic acids is 2. The summed E-state index contributed by atoms with van der Waals surface area (Å²) in [7, 11) is 5.48. The van der Waals surface area contributed by atoms with Crippen molar-refractivity contribution in [3.8, 4) is 0 Å². The first kappa shape index (κ1) is 21.6. The van der Waals surface area contributed by atoms with Crippen molar-refractivity contribution in [1.82, 2.24) is 19.6 Å². The summed E-state index contributed by atoms with van der Waals surface area (Å²) in [5.74, 6) is 0.237. The summed E-state index contributed by atoms with van der Waals surface area (Å²) in [6, 6.07) is 0. The zero-order valence-electron chi connectivity index (χ0n) is 18.5. The van der Waals surface area contributed by atoms with Gasteiger partial charge in [-0.05, 0) is 51.5 Å². The van der Waals surface area contributed by atoms with Gasteiger partial charge in [-0.2, -0.15) is 5.10 Å². The first-order valence-electron chi connectivity index (χ1n) is 10.6. The number of likely N-dealkylation sites (N-methyl/N-ethyl adjacent to an activating group) is 1. The molecule has 1 saturated heterocycles. The van der Waals surface area contributed by atoms with E-state index >= 15 is 0 Å². The molecule has 0 spiro atoms. The maximum Gasteiger partial charge on any atom is 0.234 e. The predicted molar refractivity (Wildman–Crippen MR) is 111 cm³/mol. The number of carbonyl (C=O) groups is 2. The van der Waals surface area contributed by atoms with Crippen LogP contribution in [0.1, 0.15) is 49.1 Å². The first-order chi connectivity index (χ1) is 13.8. The third-order valence-corrected chi connectivity index (χ3v) is 6.62. The zero-order valence-corrected chi connectivity index (χ0v) is 18.5. The molecule has 7 nitrogen and oxygen atoms in total. The minimum Gasteiger partial charge on any atom is -0.383 e. The first-order valence-corrected chi connectivity index (χ1v) is 10.6. The largest absolute Gasteiger partial charge is 0.383 e. The molecule has 1 aliphatic carbocycles. The SMILES string of the molecule is COCCN1C(=O)CCC2(C(=O)N(C)CCc3c(C)nn(C)c3C)CCCC=C12. The van der Waals surface area contributed by atoms with Gasteiger partial charge in [0.15, 0.2) is 0 Å². The summed E-state index contributed by atoms with van der Waals surface area (Å²) in [6.45, 7) is 5.72. The van der Waals surface area contributed by atoms with E-state index in [2.05, 4.69) is 18.1 Å². The number of aromatic nitrogens is 2. The van der Waals surface area contributed by atoms with Crippen LogP contribution in [0.15, 0.2) is 11.8 Å². The minimum absolute atomic E-state index is 0.0999. The van der Waals surface area contributed by atoms with E-state index in [1.165, 1.54) is 5.56 Å². The molecule has 1 atom stereocenters. The van der Waals surface area contributed by atoms with Crippen LogP contribution in [0.5, 0.6) is 0 Å². The van der Waals surface area contributed by atoms with Gasteiger partial charge >= 0.3 is 0 Å². The standard InChI is InChI=1S/C22H34N4O3/c1-16-18(17(2)25(4)23-16)10-13-24(3)21(28)22-11-7-6-8-19(22)26(14-15-29-5)20(27)9-12-22/h8H,6-7,9-15H2,1-5H3. The number of nitrogens with zero attached hydrogens (tertiary/aromatic N) is 4. The van der Waals surface area contributed by atoms with Crippen molar-refractivity contribution in [2.45, 2.75) is 52.4 Å². The molecular formula is C22H34N4O3. The number of likely N-dealkylation sites (tertiary alicyclic amines) is 1. The van der Waals surface area contributed by atoms with E-state index in [4.69, 9.17) is 4.74 Å². The fourth-order valence-corrected chi connectivity index (χ4v) is 4.85. The van der Waals surface area contributed by atoms with Crippen LogP contribution in [-0.2, 0) is 27.8 Å². The molecule has 7 heteroatoms. The number of allylic oxidation sites excluding steroid dienone is 1. The highest BCUT2D eigenvalue weighted by molar-refractivity contribution is 5.91. The molecule has 0 N–H and O–H groups in total. The lowest BCUT2D eigenvalue weighted by molar-refractivity contribution is -0.147. The lowest BCUT2D eigenvalue weighted by Crippen LogP contribution is -2.54. The highest BCUT2D eigenvalue weighted by Crippen LogP contribution is 2.47. The average molecular weight is 403 g/mol. The topological polar surface area (TPSA) is 67.7 Å². The van der Waals surface area contributed by atoms with Crippen LogP contribution >= 0.6 is 0 Å². The summed E-state index contributed by atoms with van der Waals surface area (Å²) in [6.07, 6.45) is 6.63. The molecule has 0 aromatic carbocycles. The Morgan fingerprint density at radius 2 is 2.10 bits per heavy atom. The van der Waals surface area contributed by atoms with Crippen LogP contribution in [0.4, 0.5) is 0 Å². The van der Waals surface area contributed by atoms with Crippen molar-refractivity contribution in [3.05, 3.63) is 28.7 Å². The van der Waals surface area contributed by atoms with E-state index in [1.54, 1.807) is 12.0 Å². The quantitative estimate of drug-likeness (QED) is 0.702. The van der Waals surface area contributed by atoms with E-state index in [0.717, 1.165) is 42.8 Å². The summed E-state index contributed by atoms with van der Waals surface area (Å²) in [5, 5.41) is 4.48. The second kappa shape index (κ2) is 8.69. The van der Waals surface area contributed by atoms with Gasteiger partial charge in [-0.25, -0.2) is 0 Å². The van der Waals surface area contributed by atoms with Gasteiger partial charge in [0.05, 0.1) is 17.7 Å². The van der Waals surface area contributed by atoms with E-state index in [9.17, 15) is 9.59 Å². The fraction of sp³-hybridized carbons (Fsp3) is 0.682. The maximum atomic E-state index is 13.7. The molecule has 0 saturated carbocycles. The van der Waals surface area contributed by atoms with Crippen molar-refractivity contribution in [2.24, 2.45) is 12.5 Å². The number of rotatable bonds is 7. The number of aryl methyl sites for hydroxylation is 2. The number of amides is 2. The Bertz CT molecular complexity index is 813. The third kappa shape index (κ3) is 3.97. The smallest absolute Gasteiger partial charge is 0.234 e. The van der Waals surface area contributed by atoms with Crippen LogP contribution in [0, 0.1) is 19.3 Å². The maximum absolute atomic E-state index is 13.7. The molecule has 3 rings (SSSR count). The number of ether oxygens (including phenoxy) is 1. The molecule has 1 aromatic heterocycles. The molecule has 1 unspecified atom stereocenters. The summed E-state index contributed by atoms with van der Waals surface area (Å²) >= 11 is 0. The molecule has 1 fully saturated rings. The van der Waals surface area contributed by atoms with E-state index in [0.29, 0.717) is 32.5 Å². The van der Waals surface area contributed by atoms with Crippen LogP contribution in [0.3, 0.4) is 0 Å². The highest BCUT2D eigenvalue weighted by atomic mass is 16.5. The van der Waals surface area contributed by atoms with Crippen LogP contribution in [-0.4, -0.2) is 65.2 Å². The number of piperidine rings is 1. The average Bonchev–Trinajstić information content (AvgIpc) is 2.96. The molecule has 2 aliphatic rings. The van der Waals surface area contributed by atoms with Gasteiger partial charge in [0.2, 0.25) is 11.8 Å². The summed E-state index contributed by atoms with van der Waals surface area (Å²) in [4.78, 5) is 29.9. The van der Waals surface area contributed by atoms with Gasteiger partial charge in [-0.3, -0.25) is 14.3 Å². The minimum atomic E-state index is -0.576. The molecule has 1 aromatic rings. The van der Waals surface area contributed by atoms with Crippen molar-refractivity contribution < 1.29 is 14.3 Å². The summed E-state index contributed by atoms with van der Waals surface area (Å²) < 4.78 is 7.10. The molecule has 2 heterocycles. The summed E-state index contributed by atoms with van der Waals surface area (Å²) in [5.41, 5.74) is 3.71. The number of methoxy groups -OCH3 is 1. The monoisotopic (exact) mass is 402 g/mol. The normalized spacial score (nSPS) is 21.8. The molecule has 2 amide bonds. The molecule has 160 valence electrons. The Hall–Kier alpha value is -2.15. The molecule has 29 heavy (non-hydrogen) atoms. The number of hydrogen-bond acceptors (Lipinski definition) is 4. The molecular weight excluding hydrogens is 368 g/mol. The van der Waals surface area contributed by atoms with Gasteiger partial charge in [0.25, 0.3) is 0 Å². The van der Waals surface area contributed by atoms with Gasteiger partial charge in [0.1, 0.15) is 0 Å². The van der Waals surface area contributed by atoms with Crippen LogP contribution in [0.2, 0.25) is 0 Å². The van der Waals surface area contributed by atoms with Crippen molar-refractivity contribution in [3.63, 3.8) is 0 Å². The van der Waals surface area contributed by atoms with Gasteiger partial charge in [-0.1, -0.05) is 6.08 Å². The fourth-order valence-electron chi connectivity index (χ4n) is 4.85. The molecule has 0 bridgehead atoms. The van der Waals surface area contributed by atoms with E-state index in [1.807, 2.05) is 30.6 Å². The van der Waals surface area contributed by atoms with Crippen LogP contribution < -0.4 is 0 Å². The predicted octanol–water partition coefficient (Wildman–Crippen LogP) is 2.36. The second-order valence-corrected chi connectivity index (χ2v) is 8.35. The highest BCUT2D eigenvalue weighted by Gasteiger charge is 2.50. The molecule has 0 radical (unpaired) electrons. The van der Waals surface area contributed by atoms with Crippen molar-refractivity contribution >= 4 is 11.8 Å². The zero-order chi connectivity index (χ0) is 21.2. The van der Waals surface area contributed by atoms with Gasteiger partial charge in [-0.15, -0.1) is 0 Å². The Kier molecular flexibility index (Phi) is 6.46. The van der Waals surface area contributed by atoms with Crippen molar-refractivity contribution in [2.75, 3.05) is 33.9 Å². The third-order valence-electron chi connectivity index (χ3n) is 6.62. The Morgan fingerprint density at radius 3 is 2.76 bits per heavy atom.